The molecule has 0 aliphatic carbocycles. The molecule has 0 fully saturated rings. The molecule has 0 radical (unpaired) electrons. The van der Waals surface area contributed by atoms with Crippen LogP contribution in [0, 0.1) is 0 Å². The quantitative estimate of drug-likeness (QED) is 0.532. The molecule has 0 atom stereocenters. The molecule has 0 spiro atoms. The van der Waals surface area contributed by atoms with Crippen LogP contribution in [0.1, 0.15) is 25.3 Å². The van der Waals surface area contributed by atoms with Crippen molar-refractivity contribution in [1.29, 1.82) is 0 Å². The van der Waals surface area contributed by atoms with E-state index in [1.54, 1.807) is 35.7 Å². The van der Waals surface area contributed by atoms with Crippen molar-refractivity contribution in [1.82, 2.24) is 9.13 Å². The first-order valence-corrected chi connectivity index (χ1v) is 10.5. The van der Waals surface area contributed by atoms with Gasteiger partial charge in [-0.05, 0) is 47.2 Å². The van der Waals surface area contributed by atoms with Gasteiger partial charge in [0.2, 0.25) is 5.91 Å². The molecule has 0 aliphatic rings. The Bertz CT molecular complexity index is 1320. The van der Waals surface area contributed by atoms with Gasteiger partial charge in [0, 0.05) is 5.69 Å². The summed E-state index contributed by atoms with van der Waals surface area (Å²) in [4.78, 5) is 38.7. The van der Waals surface area contributed by atoms with Gasteiger partial charge >= 0.3 is 5.69 Å². The molecule has 1 N–H and O–H groups in total. The van der Waals surface area contributed by atoms with Crippen molar-refractivity contribution >= 4 is 33.1 Å². The van der Waals surface area contributed by atoms with Crippen LogP contribution < -0.4 is 16.6 Å². The van der Waals surface area contributed by atoms with Crippen LogP contribution in [0.4, 0.5) is 5.69 Å². The van der Waals surface area contributed by atoms with Crippen molar-refractivity contribution in [2.75, 3.05) is 5.32 Å². The Balaban J connectivity index is 1.70. The molecule has 152 valence electrons. The average Bonchev–Trinajstić information content (AvgIpc) is 3.23. The van der Waals surface area contributed by atoms with E-state index in [-0.39, 0.29) is 18.0 Å². The van der Waals surface area contributed by atoms with Gasteiger partial charge in [0.15, 0.2) is 0 Å². The van der Waals surface area contributed by atoms with E-state index in [9.17, 15) is 14.4 Å². The SMILES string of the molecule is CC(C)c1ccc(NC(=O)Cn2c(=O)n(-c3ccccc3)c(=O)c3sccc32)cc1. The third kappa shape index (κ3) is 3.71. The first-order chi connectivity index (χ1) is 14.5. The molecule has 0 aliphatic heterocycles. The van der Waals surface area contributed by atoms with Crippen LogP contribution >= 0.6 is 11.3 Å². The normalized spacial score (nSPS) is 11.2. The Labute approximate surface area is 177 Å². The first-order valence-electron chi connectivity index (χ1n) is 9.64. The molecule has 0 unspecified atom stereocenters. The smallest absolute Gasteiger partial charge is 0.325 e. The summed E-state index contributed by atoms with van der Waals surface area (Å²) in [6.07, 6.45) is 0. The van der Waals surface area contributed by atoms with Gasteiger partial charge in [-0.15, -0.1) is 11.3 Å². The van der Waals surface area contributed by atoms with Crippen LogP contribution in [0.15, 0.2) is 75.6 Å². The molecule has 0 saturated carbocycles. The fourth-order valence-corrected chi connectivity index (χ4v) is 4.16. The Morgan fingerprint density at radius 2 is 1.70 bits per heavy atom. The third-order valence-electron chi connectivity index (χ3n) is 4.93. The summed E-state index contributed by atoms with van der Waals surface area (Å²) in [5.74, 6) is 0.0689. The molecule has 6 nitrogen and oxygen atoms in total. The van der Waals surface area contributed by atoms with E-state index in [2.05, 4.69) is 19.2 Å². The molecule has 2 aromatic heterocycles. The maximum atomic E-state index is 13.2. The Morgan fingerprint density at radius 3 is 2.37 bits per heavy atom. The topological polar surface area (TPSA) is 73.1 Å². The number of carbonyl (C=O) groups excluding carboxylic acids is 1. The zero-order valence-electron chi connectivity index (χ0n) is 16.7. The zero-order chi connectivity index (χ0) is 21.3. The highest BCUT2D eigenvalue weighted by Gasteiger charge is 2.17. The molecule has 2 aromatic carbocycles. The Hall–Kier alpha value is -3.45. The number of carbonyl (C=O) groups is 1. The van der Waals surface area contributed by atoms with Crippen LogP contribution in [0.5, 0.6) is 0 Å². The van der Waals surface area contributed by atoms with E-state index in [0.29, 0.717) is 27.5 Å². The van der Waals surface area contributed by atoms with Gasteiger partial charge in [-0.3, -0.25) is 14.2 Å². The van der Waals surface area contributed by atoms with Crippen molar-refractivity contribution in [2.24, 2.45) is 0 Å². The summed E-state index contributed by atoms with van der Waals surface area (Å²) in [6.45, 7) is 4.02. The van der Waals surface area contributed by atoms with Crippen molar-refractivity contribution in [3.8, 4) is 5.69 Å². The largest absolute Gasteiger partial charge is 0.336 e. The van der Waals surface area contributed by atoms with Gasteiger partial charge in [-0.2, -0.15) is 0 Å². The molecule has 4 aromatic rings. The standard InChI is InChI=1S/C23H21N3O3S/c1-15(2)16-8-10-17(11-9-16)24-20(27)14-25-19-12-13-30-21(19)22(28)26(23(25)29)18-6-4-3-5-7-18/h3-13,15H,14H2,1-2H3,(H,24,27). The average molecular weight is 420 g/mol. The Morgan fingerprint density at radius 1 is 1.00 bits per heavy atom. The maximum absolute atomic E-state index is 13.2. The molecule has 30 heavy (non-hydrogen) atoms. The number of hydrogen-bond donors (Lipinski definition) is 1. The van der Waals surface area contributed by atoms with Gasteiger partial charge in [-0.1, -0.05) is 44.2 Å². The number of nitrogens with one attached hydrogen (secondary N) is 1. The predicted octanol–water partition coefficient (Wildman–Crippen LogP) is 3.98. The molecule has 2 heterocycles. The number of fused-ring (bicyclic) bond motifs is 1. The number of amides is 1. The van der Waals surface area contributed by atoms with Crippen LogP contribution in [0.25, 0.3) is 15.9 Å². The van der Waals surface area contributed by atoms with Gasteiger partial charge in [0.25, 0.3) is 5.56 Å². The minimum absolute atomic E-state index is 0.189. The minimum Gasteiger partial charge on any atom is -0.325 e. The third-order valence-corrected chi connectivity index (χ3v) is 5.82. The number of nitrogens with zero attached hydrogens (tertiary/aromatic N) is 2. The summed E-state index contributed by atoms with van der Waals surface area (Å²) in [7, 11) is 0. The lowest BCUT2D eigenvalue weighted by atomic mass is 10.0. The summed E-state index contributed by atoms with van der Waals surface area (Å²) in [6, 6.07) is 18.1. The van der Waals surface area contributed by atoms with Crippen LogP contribution in [0.3, 0.4) is 0 Å². The summed E-state index contributed by atoms with van der Waals surface area (Å²) >= 11 is 1.26. The number of anilines is 1. The lowest BCUT2D eigenvalue weighted by Gasteiger charge is -2.13. The van der Waals surface area contributed by atoms with Crippen LogP contribution in [-0.2, 0) is 11.3 Å². The second-order valence-corrected chi connectivity index (χ2v) is 8.22. The number of hydrogen-bond acceptors (Lipinski definition) is 4. The molecule has 7 heteroatoms. The number of aromatic nitrogens is 2. The van der Waals surface area contributed by atoms with E-state index in [1.807, 2.05) is 30.3 Å². The maximum Gasteiger partial charge on any atom is 0.336 e. The van der Waals surface area contributed by atoms with Gasteiger partial charge in [0.1, 0.15) is 11.2 Å². The predicted molar refractivity (Wildman–Crippen MR) is 121 cm³/mol. The highest BCUT2D eigenvalue weighted by molar-refractivity contribution is 7.17. The van der Waals surface area contributed by atoms with Crippen LogP contribution in [0.2, 0.25) is 0 Å². The van der Waals surface area contributed by atoms with Crippen LogP contribution in [-0.4, -0.2) is 15.0 Å². The molecule has 1 amide bonds. The number of rotatable bonds is 5. The Kier molecular flexibility index (Phi) is 5.37. The highest BCUT2D eigenvalue weighted by Crippen LogP contribution is 2.18. The first kappa shape index (κ1) is 19.8. The van der Waals surface area contributed by atoms with Gasteiger partial charge < -0.3 is 5.32 Å². The fourth-order valence-electron chi connectivity index (χ4n) is 3.34. The number of benzene rings is 2. The minimum atomic E-state index is -0.539. The van der Waals surface area contributed by atoms with Crippen molar-refractivity contribution in [3.05, 3.63) is 92.4 Å². The van der Waals surface area contributed by atoms with E-state index in [4.69, 9.17) is 0 Å². The van der Waals surface area contributed by atoms with Crippen molar-refractivity contribution in [3.63, 3.8) is 0 Å². The lowest BCUT2D eigenvalue weighted by Crippen LogP contribution is -2.40. The van der Waals surface area contributed by atoms with E-state index in [0.717, 1.165) is 4.57 Å². The fraction of sp³-hybridized carbons (Fsp3) is 0.174. The van der Waals surface area contributed by atoms with Gasteiger partial charge in [0.05, 0.1) is 11.2 Å². The highest BCUT2D eigenvalue weighted by atomic mass is 32.1. The summed E-state index contributed by atoms with van der Waals surface area (Å²) in [5.41, 5.74) is 1.86. The molecular weight excluding hydrogens is 398 g/mol. The van der Waals surface area contributed by atoms with Gasteiger partial charge in [-0.25, -0.2) is 9.36 Å². The van der Waals surface area contributed by atoms with Crippen molar-refractivity contribution in [2.45, 2.75) is 26.3 Å². The molecular formula is C23H21N3O3S. The summed E-state index contributed by atoms with van der Waals surface area (Å²) in [5, 5.41) is 4.58. The zero-order valence-corrected chi connectivity index (χ0v) is 17.5. The second kappa shape index (κ2) is 8.12. The number of para-hydroxylation sites is 1. The lowest BCUT2D eigenvalue weighted by molar-refractivity contribution is -0.116. The number of thiophene rings is 1. The van der Waals surface area contributed by atoms with E-state index < -0.39 is 5.69 Å². The molecule has 0 bridgehead atoms. The van der Waals surface area contributed by atoms with E-state index >= 15 is 0 Å². The summed E-state index contributed by atoms with van der Waals surface area (Å²) < 4.78 is 2.90. The molecule has 4 rings (SSSR count). The van der Waals surface area contributed by atoms with Crippen molar-refractivity contribution < 1.29 is 4.79 Å². The van der Waals surface area contributed by atoms with E-state index in [1.165, 1.54) is 21.5 Å². The second-order valence-electron chi connectivity index (χ2n) is 7.30. The molecule has 0 saturated heterocycles. The monoisotopic (exact) mass is 419 g/mol.